The Morgan fingerprint density at radius 3 is 2.64 bits per heavy atom. The van der Waals surface area contributed by atoms with Gasteiger partial charge in [-0.05, 0) is 13.3 Å². The maximum atomic E-state index is 10.8. The number of rotatable bonds is 6. The van der Waals surface area contributed by atoms with Crippen LogP contribution in [0.25, 0.3) is 0 Å². The van der Waals surface area contributed by atoms with Crippen LogP contribution < -0.4 is 0 Å². The number of hydrogen-bond acceptors (Lipinski definition) is 2. The molecule has 0 fully saturated rings. The summed E-state index contributed by atoms with van der Waals surface area (Å²) in [5.41, 5.74) is 0. The Bertz CT molecular complexity index is 104. The molecule has 0 rings (SSSR count). The Morgan fingerprint density at radius 2 is 2.09 bits per heavy atom. The van der Waals surface area contributed by atoms with Gasteiger partial charge in [-0.1, -0.05) is 19.2 Å². The zero-order valence-corrected chi connectivity index (χ0v) is 7.56. The SMILES string of the molecule is BCCCCCC(=O)OCC. The summed E-state index contributed by atoms with van der Waals surface area (Å²) in [6, 6.07) is 0. The predicted molar refractivity (Wildman–Crippen MR) is 48.5 cm³/mol. The Labute approximate surface area is 69.7 Å². The molecule has 0 bridgehead atoms. The van der Waals surface area contributed by atoms with E-state index in [0.29, 0.717) is 13.0 Å². The van der Waals surface area contributed by atoms with Gasteiger partial charge in [-0.3, -0.25) is 4.79 Å². The van der Waals surface area contributed by atoms with Crippen molar-refractivity contribution in [3.05, 3.63) is 0 Å². The molecule has 0 aliphatic rings. The van der Waals surface area contributed by atoms with Crippen molar-refractivity contribution in [1.82, 2.24) is 0 Å². The van der Waals surface area contributed by atoms with Crippen molar-refractivity contribution in [2.45, 2.75) is 38.9 Å². The molecule has 0 unspecified atom stereocenters. The molecule has 0 aromatic carbocycles. The molecule has 0 heterocycles. The van der Waals surface area contributed by atoms with Crippen molar-refractivity contribution in [2.24, 2.45) is 0 Å². The molecule has 0 aliphatic carbocycles. The van der Waals surface area contributed by atoms with Crippen LogP contribution in [0.3, 0.4) is 0 Å². The standard InChI is InChI=1S/C8H17BO2/c1-2-11-8(10)6-4-3-5-7-9/h2-7,9H2,1H3. The molecule has 0 aromatic heterocycles. The highest BCUT2D eigenvalue weighted by atomic mass is 16.5. The van der Waals surface area contributed by atoms with E-state index in [1.165, 1.54) is 12.7 Å². The molecule has 64 valence electrons. The second-order valence-corrected chi connectivity index (χ2v) is 2.62. The van der Waals surface area contributed by atoms with E-state index in [4.69, 9.17) is 4.74 Å². The highest BCUT2D eigenvalue weighted by Gasteiger charge is 1.99. The minimum absolute atomic E-state index is 0.0522. The fraction of sp³-hybridized carbons (Fsp3) is 0.875. The lowest BCUT2D eigenvalue weighted by atomic mass is 9.99. The lowest BCUT2D eigenvalue weighted by Gasteiger charge is -2.00. The van der Waals surface area contributed by atoms with E-state index in [0.717, 1.165) is 12.8 Å². The van der Waals surface area contributed by atoms with Gasteiger partial charge in [0.15, 0.2) is 0 Å². The number of unbranched alkanes of at least 4 members (excludes halogenated alkanes) is 2. The molecule has 0 aliphatic heterocycles. The molecule has 0 spiro atoms. The third-order valence-corrected chi connectivity index (χ3v) is 1.54. The van der Waals surface area contributed by atoms with E-state index < -0.39 is 0 Å². The van der Waals surface area contributed by atoms with Crippen molar-refractivity contribution in [1.29, 1.82) is 0 Å². The second kappa shape index (κ2) is 7.64. The van der Waals surface area contributed by atoms with Crippen LogP contribution in [0.2, 0.25) is 6.32 Å². The smallest absolute Gasteiger partial charge is 0.305 e. The zero-order chi connectivity index (χ0) is 8.53. The Kier molecular flexibility index (Phi) is 7.32. The summed E-state index contributed by atoms with van der Waals surface area (Å²) >= 11 is 0. The first-order valence-electron chi connectivity index (χ1n) is 4.46. The molecule has 11 heavy (non-hydrogen) atoms. The molecule has 2 nitrogen and oxygen atoms in total. The van der Waals surface area contributed by atoms with Gasteiger partial charge < -0.3 is 4.74 Å². The van der Waals surface area contributed by atoms with E-state index in [1.807, 2.05) is 6.92 Å². The fourth-order valence-electron chi connectivity index (χ4n) is 0.929. The van der Waals surface area contributed by atoms with Gasteiger partial charge in [-0.25, -0.2) is 0 Å². The van der Waals surface area contributed by atoms with E-state index in [9.17, 15) is 4.79 Å². The Morgan fingerprint density at radius 1 is 1.36 bits per heavy atom. The van der Waals surface area contributed by atoms with Gasteiger partial charge in [0.25, 0.3) is 0 Å². The molecule has 0 radical (unpaired) electrons. The van der Waals surface area contributed by atoms with Crippen molar-refractivity contribution in [3.63, 3.8) is 0 Å². The maximum absolute atomic E-state index is 10.8. The lowest BCUT2D eigenvalue weighted by Crippen LogP contribution is -2.02. The summed E-state index contributed by atoms with van der Waals surface area (Å²) in [5, 5.41) is 0. The van der Waals surface area contributed by atoms with Crippen LogP contribution in [0.1, 0.15) is 32.6 Å². The molecular weight excluding hydrogens is 139 g/mol. The highest BCUT2D eigenvalue weighted by molar-refractivity contribution is 6.08. The van der Waals surface area contributed by atoms with E-state index in [1.54, 1.807) is 0 Å². The van der Waals surface area contributed by atoms with Gasteiger partial charge in [0.05, 0.1) is 6.61 Å². The average Bonchev–Trinajstić information content (AvgIpc) is 1.99. The Balaban J connectivity index is 3.04. The van der Waals surface area contributed by atoms with Crippen LogP contribution >= 0.6 is 0 Å². The van der Waals surface area contributed by atoms with Gasteiger partial charge in [0, 0.05) is 6.42 Å². The maximum Gasteiger partial charge on any atom is 0.305 e. The highest BCUT2D eigenvalue weighted by Crippen LogP contribution is 2.02. The third-order valence-electron chi connectivity index (χ3n) is 1.54. The number of hydrogen-bond donors (Lipinski definition) is 0. The first kappa shape index (κ1) is 10.5. The van der Waals surface area contributed by atoms with Gasteiger partial charge in [-0.15, -0.1) is 0 Å². The van der Waals surface area contributed by atoms with Crippen LogP contribution in [0.15, 0.2) is 0 Å². The van der Waals surface area contributed by atoms with Crippen LogP contribution in [-0.2, 0) is 9.53 Å². The van der Waals surface area contributed by atoms with Crippen LogP contribution in [0.4, 0.5) is 0 Å². The summed E-state index contributed by atoms with van der Waals surface area (Å²) in [6.45, 7) is 2.34. The summed E-state index contributed by atoms with van der Waals surface area (Å²) in [6.07, 6.45) is 5.15. The monoisotopic (exact) mass is 156 g/mol. The minimum atomic E-state index is -0.0522. The molecule has 0 aromatic rings. The summed E-state index contributed by atoms with van der Waals surface area (Å²) in [4.78, 5) is 10.8. The molecule has 3 heteroatoms. The second-order valence-electron chi connectivity index (χ2n) is 2.62. The quantitative estimate of drug-likeness (QED) is 0.327. The summed E-state index contributed by atoms with van der Waals surface area (Å²) < 4.78 is 4.78. The van der Waals surface area contributed by atoms with Gasteiger partial charge >= 0.3 is 5.97 Å². The van der Waals surface area contributed by atoms with Gasteiger partial charge in [0.1, 0.15) is 7.85 Å². The topological polar surface area (TPSA) is 26.3 Å². The number of ether oxygens (including phenoxy) is 1. The fourth-order valence-corrected chi connectivity index (χ4v) is 0.929. The lowest BCUT2D eigenvalue weighted by molar-refractivity contribution is -0.143. The average molecular weight is 156 g/mol. The van der Waals surface area contributed by atoms with Crippen molar-refractivity contribution in [2.75, 3.05) is 6.61 Å². The molecule has 0 N–H and O–H groups in total. The Hall–Kier alpha value is -0.465. The normalized spacial score (nSPS) is 9.55. The first-order chi connectivity index (χ1) is 5.31. The summed E-state index contributed by atoms with van der Waals surface area (Å²) in [5.74, 6) is -0.0522. The molecule has 0 saturated carbocycles. The first-order valence-corrected chi connectivity index (χ1v) is 4.46. The molecular formula is C8H17BO2. The van der Waals surface area contributed by atoms with Crippen molar-refractivity contribution in [3.8, 4) is 0 Å². The molecule has 0 amide bonds. The minimum Gasteiger partial charge on any atom is -0.466 e. The molecule has 0 saturated heterocycles. The van der Waals surface area contributed by atoms with Crippen LogP contribution in [-0.4, -0.2) is 20.4 Å². The van der Waals surface area contributed by atoms with E-state index in [-0.39, 0.29) is 5.97 Å². The number of esters is 1. The predicted octanol–water partition coefficient (Wildman–Crippen LogP) is 1.16. The third kappa shape index (κ3) is 7.43. The van der Waals surface area contributed by atoms with Crippen molar-refractivity contribution < 1.29 is 9.53 Å². The van der Waals surface area contributed by atoms with Crippen LogP contribution in [0.5, 0.6) is 0 Å². The van der Waals surface area contributed by atoms with Crippen molar-refractivity contribution >= 4 is 13.8 Å². The zero-order valence-electron chi connectivity index (χ0n) is 7.56. The largest absolute Gasteiger partial charge is 0.466 e. The number of carbonyl (C=O) groups is 1. The van der Waals surface area contributed by atoms with Gasteiger partial charge in [0.2, 0.25) is 0 Å². The van der Waals surface area contributed by atoms with Gasteiger partial charge in [-0.2, -0.15) is 0 Å². The van der Waals surface area contributed by atoms with Crippen LogP contribution in [0, 0.1) is 0 Å². The van der Waals surface area contributed by atoms with E-state index >= 15 is 0 Å². The van der Waals surface area contributed by atoms with E-state index in [2.05, 4.69) is 7.85 Å². The summed E-state index contributed by atoms with van der Waals surface area (Å²) in [7, 11) is 2.16. The molecule has 0 atom stereocenters. The number of carbonyl (C=O) groups excluding carboxylic acids is 1.